The number of piperidine rings is 3. The van der Waals surface area contributed by atoms with E-state index in [9.17, 15) is 9.50 Å². The minimum Gasteiger partial charge on any atom is -0.492 e. The Hall–Kier alpha value is -1.59. The molecule has 3 aliphatic heterocycles. The van der Waals surface area contributed by atoms with Crippen LogP contribution in [0.15, 0.2) is 30.5 Å². The normalized spacial score (nSPS) is 26.7. The molecule has 1 N–H and O–H groups in total. The average Bonchev–Trinajstić information content (AvgIpc) is 2.90. The van der Waals surface area contributed by atoms with Gasteiger partial charge in [-0.15, -0.1) is 17.5 Å². The first-order chi connectivity index (χ1) is 10.2. The van der Waals surface area contributed by atoms with E-state index < -0.39 is 0 Å². The van der Waals surface area contributed by atoms with E-state index in [1.54, 1.807) is 12.1 Å². The van der Waals surface area contributed by atoms with Crippen LogP contribution in [0.3, 0.4) is 0 Å². The van der Waals surface area contributed by atoms with E-state index in [4.69, 9.17) is 0 Å². The molecule has 1 aromatic carbocycles. The molecule has 22 heavy (non-hydrogen) atoms. The molecule has 0 aliphatic carbocycles. The number of hydrogen-bond donors (Lipinski definition) is 1. The van der Waals surface area contributed by atoms with E-state index in [-0.39, 0.29) is 24.1 Å². The molecule has 118 valence electrons. The van der Waals surface area contributed by atoms with Gasteiger partial charge in [-0.1, -0.05) is 12.1 Å². The zero-order chi connectivity index (χ0) is 14.4. The van der Waals surface area contributed by atoms with Crippen molar-refractivity contribution >= 4 is 12.4 Å². The van der Waals surface area contributed by atoms with Crippen LogP contribution in [0.4, 0.5) is 4.39 Å². The maximum atomic E-state index is 13.4. The van der Waals surface area contributed by atoms with Crippen molar-refractivity contribution in [3.05, 3.63) is 36.3 Å². The van der Waals surface area contributed by atoms with Crippen LogP contribution < -0.4 is 0 Å². The first-order valence-corrected chi connectivity index (χ1v) is 7.47. The predicted octanol–water partition coefficient (Wildman–Crippen LogP) is 3.08. The Morgan fingerprint density at radius 1 is 1.23 bits per heavy atom. The molecule has 1 atom stereocenters. The molecule has 5 rings (SSSR count). The summed E-state index contributed by atoms with van der Waals surface area (Å²) in [5.74, 6) is 0.314. The van der Waals surface area contributed by atoms with Crippen molar-refractivity contribution in [3.63, 3.8) is 0 Å². The molecule has 0 saturated carbocycles. The molecule has 0 amide bonds. The van der Waals surface area contributed by atoms with Gasteiger partial charge in [0.2, 0.25) is 5.88 Å². The third kappa shape index (κ3) is 2.59. The summed E-state index contributed by atoms with van der Waals surface area (Å²) in [7, 11) is 0. The zero-order valence-corrected chi connectivity index (χ0v) is 13.0. The van der Waals surface area contributed by atoms with Crippen LogP contribution >= 0.6 is 12.4 Å². The van der Waals surface area contributed by atoms with Crippen LogP contribution in [-0.4, -0.2) is 39.4 Å². The summed E-state index contributed by atoms with van der Waals surface area (Å²) in [6, 6.07) is 6.59. The third-order valence-corrected chi connectivity index (χ3v) is 4.81. The lowest BCUT2D eigenvalue weighted by Gasteiger charge is -2.44. The van der Waals surface area contributed by atoms with Gasteiger partial charge in [0.15, 0.2) is 0 Å². The summed E-state index contributed by atoms with van der Waals surface area (Å²) in [5.41, 5.74) is 1.27. The van der Waals surface area contributed by atoms with Crippen LogP contribution in [0.5, 0.6) is 5.88 Å². The van der Waals surface area contributed by atoms with Crippen molar-refractivity contribution in [2.24, 2.45) is 5.92 Å². The summed E-state index contributed by atoms with van der Waals surface area (Å²) in [4.78, 5) is 2.45. The van der Waals surface area contributed by atoms with Crippen molar-refractivity contribution in [2.45, 2.75) is 18.9 Å². The number of rotatable bonds is 2. The van der Waals surface area contributed by atoms with Crippen molar-refractivity contribution in [1.29, 1.82) is 0 Å². The van der Waals surface area contributed by atoms with Crippen molar-refractivity contribution in [2.75, 3.05) is 19.6 Å². The highest BCUT2D eigenvalue weighted by atomic mass is 35.5. The van der Waals surface area contributed by atoms with E-state index in [0.29, 0.717) is 23.1 Å². The number of nitrogens with zero attached hydrogens (tertiary/aromatic N) is 3. The van der Waals surface area contributed by atoms with Gasteiger partial charge >= 0.3 is 0 Å². The maximum absolute atomic E-state index is 13.4. The summed E-state index contributed by atoms with van der Waals surface area (Å²) < 4.78 is 15.2. The Morgan fingerprint density at radius 2 is 2.00 bits per heavy atom. The Labute approximate surface area is 135 Å². The molecule has 1 aromatic heterocycles. The lowest BCUT2D eigenvalue weighted by Crippen LogP contribution is -2.48. The van der Waals surface area contributed by atoms with Crippen molar-refractivity contribution in [1.82, 2.24) is 14.7 Å². The van der Waals surface area contributed by atoms with Gasteiger partial charge in [-0.05, 0) is 49.5 Å². The summed E-state index contributed by atoms with van der Waals surface area (Å²) >= 11 is 0. The number of fused-ring (bicyclic) bond motifs is 3. The van der Waals surface area contributed by atoms with E-state index in [2.05, 4.69) is 10.00 Å². The van der Waals surface area contributed by atoms with E-state index >= 15 is 0 Å². The molecule has 3 aliphatic rings. The van der Waals surface area contributed by atoms with Gasteiger partial charge in [0.1, 0.15) is 5.82 Å². The predicted molar refractivity (Wildman–Crippen MR) is 84.7 cm³/mol. The number of aromatic hydroxyl groups is 1. The van der Waals surface area contributed by atoms with Gasteiger partial charge in [-0.2, -0.15) is 0 Å². The number of benzene rings is 1. The van der Waals surface area contributed by atoms with Gasteiger partial charge in [-0.25, -0.2) is 4.39 Å². The molecule has 6 heteroatoms. The molecule has 2 bridgehead atoms. The number of hydrogen-bond acceptors (Lipinski definition) is 3. The molecule has 3 fully saturated rings. The minimum atomic E-state index is -0.303. The summed E-state index contributed by atoms with van der Waals surface area (Å²) in [6.45, 7) is 3.34. The van der Waals surface area contributed by atoms with E-state index in [1.807, 2.05) is 10.9 Å². The second-order valence-electron chi connectivity index (χ2n) is 6.06. The molecular formula is C16H19ClFN3O. The largest absolute Gasteiger partial charge is 0.492 e. The minimum absolute atomic E-state index is 0. The quantitative estimate of drug-likeness (QED) is 0.923. The second-order valence-corrected chi connectivity index (χ2v) is 6.06. The molecule has 3 saturated heterocycles. The highest BCUT2D eigenvalue weighted by Crippen LogP contribution is 2.37. The fourth-order valence-corrected chi connectivity index (χ4v) is 3.65. The van der Waals surface area contributed by atoms with Gasteiger partial charge in [0, 0.05) is 12.7 Å². The van der Waals surface area contributed by atoms with Crippen LogP contribution in [0.25, 0.3) is 11.1 Å². The first kappa shape index (κ1) is 15.3. The fourth-order valence-electron chi connectivity index (χ4n) is 3.65. The molecule has 0 radical (unpaired) electrons. The average molecular weight is 324 g/mol. The molecule has 0 spiro atoms. The smallest absolute Gasteiger partial charge is 0.238 e. The monoisotopic (exact) mass is 323 g/mol. The summed E-state index contributed by atoms with van der Waals surface area (Å²) in [6.07, 6.45) is 4.25. The van der Waals surface area contributed by atoms with Crippen LogP contribution in [0.1, 0.15) is 18.9 Å². The Bertz CT molecular complexity index is 667. The number of aromatic nitrogens is 2. The van der Waals surface area contributed by atoms with Gasteiger partial charge in [0.25, 0.3) is 0 Å². The molecule has 4 nitrogen and oxygen atoms in total. The Morgan fingerprint density at radius 3 is 2.64 bits per heavy atom. The Kier molecular flexibility index (Phi) is 4.10. The van der Waals surface area contributed by atoms with Gasteiger partial charge in [0.05, 0.1) is 11.6 Å². The van der Waals surface area contributed by atoms with Crippen molar-refractivity contribution < 1.29 is 9.50 Å². The van der Waals surface area contributed by atoms with Crippen LogP contribution in [0, 0.1) is 11.7 Å². The lowest BCUT2D eigenvalue weighted by molar-refractivity contribution is 0.0508. The summed E-state index contributed by atoms with van der Waals surface area (Å²) in [5, 5.41) is 14.4. The lowest BCUT2D eigenvalue weighted by atomic mass is 9.84. The Balaban J connectivity index is 0.00000144. The fraction of sp³-hybridized carbons (Fsp3) is 0.438. The second kappa shape index (κ2) is 5.89. The van der Waals surface area contributed by atoms with Crippen LogP contribution in [-0.2, 0) is 0 Å². The van der Waals surface area contributed by atoms with Crippen molar-refractivity contribution in [3.8, 4) is 17.0 Å². The highest BCUT2D eigenvalue weighted by molar-refractivity contribution is 5.85. The van der Waals surface area contributed by atoms with Crippen LogP contribution in [0.2, 0.25) is 0 Å². The van der Waals surface area contributed by atoms with E-state index in [1.165, 1.54) is 38.1 Å². The van der Waals surface area contributed by atoms with E-state index in [0.717, 1.165) is 6.54 Å². The molecule has 4 heterocycles. The highest BCUT2D eigenvalue weighted by Gasteiger charge is 2.36. The SMILES string of the molecule is Cl.Oc1nn(C2CN3CCC2CC3)cc1-c1cccc(F)c1. The van der Waals surface area contributed by atoms with Gasteiger partial charge in [-0.3, -0.25) is 4.68 Å². The zero-order valence-electron chi connectivity index (χ0n) is 12.2. The first-order valence-electron chi connectivity index (χ1n) is 7.47. The third-order valence-electron chi connectivity index (χ3n) is 4.81. The number of halogens is 2. The molecule has 1 unspecified atom stereocenters. The topological polar surface area (TPSA) is 41.3 Å². The van der Waals surface area contributed by atoms with Gasteiger partial charge < -0.3 is 10.0 Å². The maximum Gasteiger partial charge on any atom is 0.238 e. The molecule has 2 aromatic rings. The molecular weight excluding hydrogens is 305 g/mol. The standard InChI is InChI=1S/C16H18FN3O.ClH/c17-13-3-1-2-12(8-13)14-9-20(18-16(14)21)15-10-19-6-4-11(15)5-7-19;/h1-3,8-9,11,15H,4-7,10H2,(H,18,21);1H.